The van der Waals surface area contributed by atoms with Crippen LogP contribution >= 0.6 is 0 Å². The number of nitrogens with one attached hydrogen (secondary N) is 1. The fourth-order valence-electron chi connectivity index (χ4n) is 1.09. The zero-order valence-corrected chi connectivity index (χ0v) is 8.31. The first-order valence-corrected chi connectivity index (χ1v) is 4.53. The maximum absolute atomic E-state index is 11.2. The summed E-state index contributed by atoms with van der Waals surface area (Å²) in [6.07, 6.45) is 2.32. The van der Waals surface area contributed by atoms with Crippen molar-refractivity contribution in [3.05, 3.63) is 0 Å². The molecule has 0 atom stereocenters. The van der Waals surface area contributed by atoms with Gasteiger partial charge in [-0.1, -0.05) is 6.92 Å². The summed E-state index contributed by atoms with van der Waals surface area (Å²) >= 11 is 0. The Morgan fingerprint density at radius 1 is 1.50 bits per heavy atom. The van der Waals surface area contributed by atoms with E-state index in [9.17, 15) is 4.79 Å². The number of carbonyl (C=O) groups excluding carboxylic acids is 1. The van der Waals surface area contributed by atoms with Crippen LogP contribution in [-0.2, 0) is 4.79 Å². The Kier molecular flexibility index (Phi) is 4.90. The van der Waals surface area contributed by atoms with E-state index < -0.39 is 0 Å². The third kappa shape index (κ3) is 5.13. The van der Waals surface area contributed by atoms with E-state index in [1.54, 1.807) is 0 Å². The van der Waals surface area contributed by atoms with Crippen molar-refractivity contribution < 1.29 is 4.79 Å². The topological polar surface area (TPSA) is 55.1 Å². The molecule has 0 radical (unpaired) electrons. The summed E-state index contributed by atoms with van der Waals surface area (Å²) in [5.41, 5.74) is 5.26. The molecule has 0 aliphatic carbocycles. The van der Waals surface area contributed by atoms with Crippen LogP contribution in [0.5, 0.6) is 0 Å². The van der Waals surface area contributed by atoms with Gasteiger partial charge in [-0.3, -0.25) is 4.79 Å². The monoisotopic (exact) mass is 172 g/mol. The lowest BCUT2D eigenvalue weighted by Crippen LogP contribution is -2.44. The molecule has 0 fully saturated rings. The summed E-state index contributed by atoms with van der Waals surface area (Å²) < 4.78 is 0. The molecular formula is C9H20N2O. The molecular weight excluding hydrogens is 152 g/mol. The van der Waals surface area contributed by atoms with Crippen molar-refractivity contribution >= 4 is 5.91 Å². The first kappa shape index (κ1) is 11.4. The highest BCUT2D eigenvalue weighted by Crippen LogP contribution is 2.06. The van der Waals surface area contributed by atoms with Gasteiger partial charge in [0.15, 0.2) is 0 Å². The summed E-state index contributed by atoms with van der Waals surface area (Å²) in [5, 5.41) is 2.94. The van der Waals surface area contributed by atoms with Crippen molar-refractivity contribution in [1.29, 1.82) is 0 Å². The molecule has 0 saturated carbocycles. The molecule has 0 aliphatic heterocycles. The fourth-order valence-corrected chi connectivity index (χ4v) is 1.09. The Labute approximate surface area is 74.7 Å². The molecule has 3 nitrogen and oxygen atoms in total. The summed E-state index contributed by atoms with van der Waals surface area (Å²) in [5.74, 6) is 0.121. The molecule has 12 heavy (non-hydrogen) atoms. The highest BCUT2D eigenvalue weighted by Gasteiger charge is 2.18. The highest BCUT2D eigenvalue weighted by molar-refractivity contribution is 5.76. The van der Waals surface area contributed by atoms with Gasteiger partial charge in [-0.25, -0.2) is 0 Å². The predicted molar refractivity (Wildman–Crippen MR) is 50.8 cm³/mol. The minimum atomic E-state index is -0.152. The Balaban J connectivity index is 3.79. The van der Waals surface area contributed by atoms with Crippen LogP contribution in [0.3, 0.4) is 0 Å². The van der Waals surface area contributed by atoms with Crippen LogP contribution < -0.4 is 11.1 Å². The molecule has 0 saturated heterocycles. The quantitative estimate of drug-likeness (QED) is 0.650. The largest absolute Gasteiger partial charge is 0.351 e. The van der Waals surface area contributed by atoms with E-state index in [-0.39, 0.29) is 11.4 Å². The maximum Gasteiger partial charge on any atom is 0.220 e. The van der Waals surface area contributed by atoms with Gasteiger partial charge in [-0.05, 0) is 33.2 Å². The van der Waals surface area contributed by atoms with Gasteiger partial charge in [0, 0.05) is 12.0 Å². The van der Waals surface area contributed by atoms with Crippen molar-refractivity contribution in [2.75, 3.05) is 6.54 Å². The molecule has 0 unspecified atom stereocenters. The Morgan fingerprint density at radius 3 is 2.50 bits per heavy atom. The van der Waals surface area contributed by atoms with Crippen molar-refractivity contribution in [1.82, 2.24) is 5.32 Å². The molecule has 72 valence electrons. The highest BCUT2D eigenvalue weighted by atomic mass is 16.1. The number of hydrogen-bond donors (Lipinski definition) is 2. The van der Waals surface area contributed by atoms with Gasteiger partial charge >= 0.3 is 0 Å². The Bertz CT molecular complexity index is 143. The lowest BCUT2D eigenvalue weighted by Gasteiger charge is -2.25. The molecule has 0 aromatic rings. The normalized spacial score (nSPS) is 11.3. The van der Waals surface area contributed by atoms with Gasteiger partial charge in [0.05, 0.1) is 0 Å². The second-order valence-electron chi connectivity index (χ2n) is 3.72. The first-order valence-electron chi connectivity index (χ1n) is 4.53. The van der Waals surface area contributed by atoms with Crippen LogP contribution in [0.4, 0.5) is 0 Å². The van der Waals surface area contributed by atoms with Crippen LogP contribution in [-0.4, -0.2) is 18.0 Å². The smallest absolute Gasteiger partial charge is 0.220 e. The Hall–Kier alpha value is -0.570. The van der Waals surface area contributed by atoms with E-state index in [0.29, 0.717) is 13.0 Å². The molecule has 1 amide bonds. The molecule has 0 spiro atoms. The van der Waals surface area contributed by atoms with E-state index in [1.165, 1.54) is 0 Å². The lowest BCUT2D eigenvalue weighted by molar-refractivity contribution is -0.122. The molecule has 0 aromatic carbocycles. The SMILES string of the molecule is CCCC(=O)NC(C)(C)CCN. The second-order valence-corrected chi connectivity index (χ2v) is 3.72. The summed E-state index contributed by atoms with van der Waals surface area (Å²) in [4.78, 5) is 11.2. The van der Waals surface area contributed by atoms with Crippen LogP contribution in [0.2, 0.25) is 0 Å². The summed E-state index contributed by atoms with van der Waals surface area (Å²) in [6, 6.07) is 0. The van der Waals surface area contributed by atoms with E-state index in [2.05, 4.69) is 5.32 Å². The lowest BCUT2D eigenvalue weighted by atomic mass is 10.0. The van der Waals surface area contributed by atoms with E-state index >= 15 is 0 Å². The van der Waals surface area contributed by atoms with Crippen LogP contribution in [0.1, 0.15) is 40.0 Å². The number of rotatable bonds is 5. The molecule has 0 aliphatic rings. The van der Waals surface area contributed by atoms with Crippen molar-refractivity contribution in [3.63, 3.8) is 0 Å². The van der Waals surface area contributed by atoms with Gasteiger partial charge in [-0.15, -0.1) is 0 Å². The zero-order chi connectivity index (χ0) is 9.61. The van der Waals surface area contributed by atoms with Crippen molar-refractivity contribution in [2.45, 2.75) is 45.6 Å². The van der Waals surface area contributed by atoms with Crippen molar-refractivity contribution in [3.8, 4) is 0 Å². The van der Waals surface area contributed by atoms with Crippen molar-refractivity contribution in [2.24, 2.45) is 5.73 Å². The van der Waals surface area contributed by atoms with Gasteiger partial charge in [-0.2, -0.15) is 0 Å². The summed E-state index contributed by atoms with van der Waals surface area (Å²) in [7, 11) is 0. The zero-order valence-electron chi connectivity index (χ0n) is 8.31. The standard InChI is InChI=1S/C9H20N2O/c1-4-5-8(12)11-9(2,3)6-7-10/h4-7,10H2,1-3H3,(H,11,12). The number of hydrogen-bond acceptors (Lipinski definition) is 2. The molecule has 0 rings (SSSR count). The van der Waals surface area contributed by atoms with E-state index in [1.807, 2.05) is 20.8 Å². The third-order valence-corrected chi connectivity index (χ3v) is 1.72. The Morgan fingerprint density at radius 2 is 2.08 bits per heavy atom. The fraction of sp³-hybridized carbons (Fsp3) is 0.889. The average Bonchev–Trinajstić information content (AvgIpc) is 1.85. The first-order chi connectivity index (χ1) is 5.52. The number of nitrogens with two attached hydrogens (primary N) is 1. The van der Waals surface area contributed by atoms with E-state index in [4.69, 9.17) is 5.73 Å². The molecule has 0 heterocycles. The number of amides is 1. The number of carbonyl (C=O) groups is 1. The van der Waals surface area contributed by atoms with Gasteiger partial charge in [0.2, 0.25) is 5.91 Å². The molecule has 0 bridgehead atoms. The van der Waals surface area contributed by atoms with Gasteiger partial charge < -0.3 is 11.1 Å². The predicted octanol–water partition coefficient (Wildman–Crippen LogP) is 1.03. The van der Waals surface area contributed by atoms with Crippen LogP contribution in [0.25, 0.3) is 0 Å². The van der Waals surface area contributed by atoms with Crippen LogP contribution in [0.15, 0.2) is 0 Å². The summed E-state index contributed by atoms with van der Waals surface area (Å²) in [6.45, 7) is 6.59. The minimum Gasteiger partial charge on any atom is -0.351 e. The van der Waals surface area contributed by atoms with Crippen LogP contribution in [0, 0.1) is 0 Å². The van der Waals surface area contributed by atoms with Gasteiger partial charge in [0.1, 0.15) is 0 Å². The van der Waals surface area contributed by atoms with Gasteiger partial charge in [0.25, 0.3) is 0 Å². The maximum atomic E-state index is 11.2. The molecule has 3 N–H and O–H groups in total. The molecule has 3 heteroatoms. The third-order valence-electron chi connectivity index (χ3n) is 1.72. The second kappa shape index (κ2) is 5.14. The molecule has 0 aromatic heterocycles. The minimum absolute atomic E-state index is 0.121. The van der Waals surface area contributed by atoms with E-state index in [0.717, 1.165) is 12.8 Å². The average molecular weight is 172 g/mol.